The molecule has 2 aliphatic carbocycles. The van der Waals surface area contributed by atoms with Crippen LogP contribution in [-0.2, 0) is 0 Å². The summed E-state index contributed by atoms with van der Waals surface area (Å²) in [5.41, 5.74) is 3.93. The van der Waals surface area contributed by atoms with Crippen LogP contribution in [0.1, 0.15) is 64.2 Å². The number of nitrogens with zero attached hydrogens (tertiary/aromatic N) is 1. The molecule has 0 saturated heterocycles. The van der Waals surface area contributed by atoms with Crippen LogP contribution in [-0.4, -0.2) is 12.1 Å². The Labute approximate surface area is 158 Å². The smallest absolute Gasteiger partial charge is 0.0414 e. The SMILES string of the molecule is c1ccc(N(c2ccc(NC3CCCCC3)cc2)C2CCCCC2)cc1. The third-order valence-electron chi connectivity index (χ3n) is 6.10. The Morgan fingerprint density at radius 1 is 0.615 bits per heavy atom. The first kappa shape index (κ1) is 17.5. The van der Waals surface area contributed by atoms with Crippen molar-refractivity contribution in [3.63, 3.8) is 0 Å². The highest BCUT2D eigenvalue weighted by molar-refractivity contribution is 5.66. The van der Waals surface area contributed by atoms with Crippen molar-refractivity contribution in [3.8, 4) is 0 Å². The van der Waals surface area contributed by atoms with E-state index in [9.17, 15) is 0 Å². The molecule has 0 atom stereocenters. The molecule has 2 heteroatoms. The molecule has 0 unspecified atom stereocenters. The van der Waals surface area contributed by atoms with Crippen LogP contribution in [0.15, 0.2) is 54.6 Å². The first-order chi connectivity index (χ1) is 12.9. The highest BCUT2D eigenvalue weighted by atomic mass is 15.2. The fourth-order valence-corrected chi connectivity index (χ4v) is 4.70. The molecule has 0 aliphatic heterocycles. The molecule has 0 amide bonds. The van der Waals surface area contributed by atoms with Crippen molar-refractivity contribution in [1.82, 2.24) is 0 Å². The summed E-state index contributed by atoms with van der Waals surface area (Å²) in [4.78, 5) is 2.57. The van der Waals surface area contributed by atoms with Gasteiger partial charge < -0.3 is 10.2 Å². The Morgan fingerprint density at radius 3 is 1.85 bits per heavy atom. The average molecular weight is 349 g/mol. The highest BCUT2D eigenvalue weighted by Gasteiger charge is 2.23. The Hall–Kier alpha value is -1.96. The van der Waals surface area contributed by atoms with Crippen LogP contribution < -0.4 is 10.2 Å². The molecule has 1 N–H and O–H groups in total. The van der Waals surface area contributed by atoms with Crippen LogP contribution in [0.4, 0.5) is 17.1 Å². The zero-order chi connectivity index (χ0) is 17.6. The standard InChI is InChI=1S/C24H32N2/c1-4-10-20(11-5-1)25-21-16-18-24(19-17-21)26(22-12-6-2-7-13-22)23-14-8-3-9-15-23/h2,6-7,12-13,16-20,23,25H,1,3-5,8-11,14-15H2. The fraction of sp³-hybridized carbons (Fsp3) is 0.500. The highest BCUT2D eigenvalue weighted by Crippen LogP contribution is 2.35. The van der Waals surface area contributed by atoms with E-state index in [1.165, 1.54) is 81.3 Å². The summed E-state index contributed by atoms with van der Waals surface area (Å²) < 4.78 is 0. The molecule has 2 aliphatic rings. The second-order valence-corrected chi connectivity index (χ2v) is 8.02. The molecule has 0 bridgehead atoms. The molecular formula is C24H32N2. The monoisotopic (exact) mass is 348 g/mol. The lowest BCUT2D eigenvalue weighted by molar-refractivity contribution is 0.436. The second kappa shape index (κ2) is 8.62. The molecule has 0 spiro atoms. The zero-order valence-electron chi connectivity index (χ0n) is 15.9. The lowest BCUT2D eigenvalue weighted by Crippen LogP contribution is -2.32. The molecule has 4 rings (SSSR count). The van der Waals surface area contributed by atoms with Gasteiger partial charge in [0.25, 0.3) is 0 Å². The van der Waals surface area contributed by atoms with Crippen molar-refractivity contribution >= 4 is 17.1 Å². The van der Waals surface area contributed by atoms with E-state index in [0.717, 1.165) is 0 Å². The number of anilines is 3. The van der Waals surface area contributed by atoms with E-state index in [2.05, 4.69) is 64.8 Å². The Bertz CT molecular complexity index is 652. The van der Waals surface area contributed by atoms with Gasteiger partial charge in [-0.15, -0.1) is 0 Å². The largest absolute Gasteiger partial charge is 0.382 e. The van der Waals surface area contributed by atoms with Gasteiger partial charge in [-0.25, -0.2) is 0 Å². The molecule has 2 aromatic rings. The molecular weight excluding hydrogens is 316 g/mol. The average Bonchev–Trinajstić information content (AvgIpc) is 2.72. The van der Waals surface area contributed by atoms with Crippen LogP contribution in [0.2, 0.25) is 0 Å². The summed E-state index contributed by atoms with van der Waals surface area (Å²) in [6, 6.07) is 21.4. The van der Waals surface area contributed by atoms with E-state index >= 15 is 0 Å². The lowest BCUT2D eigenvalue weighted by Gasteiger charge is -2.36. The molecule has 2 nitrogen and oxygen atoms in total. The maximum Gasteiger partial charge on any atom is 0.0414 e. The van der Waals surface area contributed by atoms with Gasteiger partial charge in [-0.05, 0) is 62.1 Å². The van der Waals surface area contributed by atoms with Crippen molar-refractivity contribution in [3.05, 3.63) is 54.6 Å². The first-order valence-corrected chi connectivity index (χ1v) is 10.6. The van der Waals surface area contributed by atoms with Crippen molar-refractivity contribution < 1.29 is 0 Å². The van der Waals surface area contributed by atoms with Crippen LogP contribution in [0, 0.1) is 0 Å². The summed E-state index contributed by atoms with van der Waals surface area (Å²) in [6.45, 7) is 0. The van der Waals surface area contributed by atoms with Gasteiger partial charge in [-0.1, -0.05) is 56.7 Å². The number of benzene rings is 2. The van der Waals surface area contributed by atoms with Gasteiger partial charge >= 0.3 is 0 Å². The quantitative estimate of drug-likeness (QED) is 0.632. The maximum absolute atomic E-state index is 3.75. The number of rotatable bonds is 5. The number of nitrogens with one attached hydrogen (secondary N) is 1. The van der Waals surface area contributed by atoms with Crippen molar-refractivity contribution in [2.45, 2.75) is 76.3 Å². The third kappa shape index (κ3) is 4.23. The molecule has 2 aromatic carbocycles. The van der Waals surface area contributed by atoms with E-state index in [1.54, 1.807) is 0 Å². The van der Waals surface area contributed by atoms with Crippen LogP contribution in [0.5, 0.6) is 0 Å². The van der Waals surface area contributed by atoms with Gasteiger partial charge in [-0.2, -0.15) is 0 Å². The number of hydrogen-bond donors (Lipinski definition) is 1. The Morgan fingerprint density at radius 2 is 1.19 bits per heavy atom. The second-order valence-electron chi connectivity index (χ2n) is 8.02. The van der Waals surface area contributed by atoms with Crippen LogP contribution >= 0.6 is 0 Å². The van der Waals surface area contributed by atoms with E-state index in [1.807, 2.05) is 0 Å². The maximum atomic E-state index is 3.75. The van der Waals surface area contributed by atoms with Crippen LogP contribution in [0.25, 0.3) is 0 Å². The predicted octanol–water partition coefficient (Wildman–Crippen LogP) is 6.90. The minimum atomic E-state index is 0.628. The summed E-state index contributed by atoms with van der Waals surface area (Å²) in [5.74, 6) is 0. The van der Waals surface area contributed by atoms with Gasteiger partial charge in [0.15, 0.2) is 0 Å². The summed E-state index contributed by atoms with van der Waals surface area (Å²) in [6.07, 6.45) is 13.5. The number of para-hydroxylation sites is 1. The summed E-state index contributed by atoms with van der Waals surface area (Å²) in [5, 5.41) is 3.75. The first-order valence-electron chi connectivity index (χ1n) is 10.6. The molecule has 0 aromatic heterocycles. The van der Waals surface area contributed by atoms with Gasteiger partial charge in [0.05, 0.1) is 0 Å². The summed E-state index contributed by atoms with van der Waals surface area (Å²) in [7, 11) is 0. The molecule has 2 saturated carbocycles. The van der Waals surface area contributed by atoms with Crippen molar-refractivity contribution in [1.29, 1.82) is 0 Å². The van der Waals surface area contributed by atoms with Gasteiger partial charge in [0, 0.05) is 29.1 Å². The van der Waals surface area contributed by atoms with Crippen molar-refractivity contribution in [2.75, 3.05) is 10.2 Å². The van der Waals surface area contributed by atoms with E-state index in [-0.39, 0.29) is 0 Å². The topological polar surface area (TPSA) is 15.3 Å². The van der Waals surface area contributed by atoms with E-state index in [0.29, 0.717) is 12.1 Å². The van der Waals surface area contributed by atoms with Gasteiger partial charge in [0.1, 0.15) is 0 Å². The fourth-order valence-electron chi connectivity index (χ4n) is 4.70. The van der Waals surface area contributed by atoms with Gasteiger partial charge in [-0.3, -0.25) is 0 Å². The van der Waals surface area contributed by atoms with E-state index in [4.69, 9.17) is 0 Å². The molecule has 2 fully saturated rings. The summed E-state index contributed by atoms with van der Waals surface area (Å²) >= 11 is 0. The Kier molecular flexibility index (Phi) is 5.78. The van der Waals surface area contributed by atoms with Gasteiger partial charge in [0.2, 0.25) is 0 Å². The minimum Gasteiger partial charge on any atom is -0.382 e. The zero-order valence-corrected chi connectivity index (χ0v) is 15.9. The Balaban J connectivity index is 1.53. The molecule has 26 heavy (non-hydrogen) atoms. The normalized spacial score (nSPS) is 19.2. The molecule has 0 radical (unpaired) electrons. The molecule has 138 valence electrons. The predicted molar refractivity (Wildman–Crippen MR) is 112 cm³/mol. The van der Waals surface area contributed by atoms with Crippen LogP contribution in [0.3, 0.4) is 0 Å². The minimum absolute atomic E-state index is 0.628. The van der Waals surface area contributed by atoms with E-state index < -0.39 is 0 Å². The number of hydrogen-bond acceptors (Lipinski definition) is 2. The molecule has 0 heterocycles. The lowest BCUT2D eigenvalue weighted by atomic mass is 9.93. The van der Waals surface area contributed by atoms with Crippen molar-refractivity contribution in [2.24, 2.45) is 0 Å². The third-order valence-corrected chi connectivity index (χ3v) is 6.10.